The quantitative estimate of drug-likeness (QED) is 0.688. The van der Waals surface area contributed by atoms with Gasteiger partial charge in [0.1, 0.15) is 11.7 Å². The highest BCUT2D eigenvalue weighted by Gasteiger charge is 2.52. The van der Waals surface area contributed by atoms with Gasteiger partial charge in [0.15, 0.2) is 0 Å². The zero-order chi connectivity index (χ0) is 15.8. The third-order valence-corrected chi connectivity index (χ3v) is 4.15. The molecule has 0 bridgehead atoms. The summed E-state index contributed by atoms with van der Waals surface area (Å²) in [7, 11) is -0.817. The fraction of sp³-hybridized carbons (Fsp3) is 0.500. The van der Waals surface area contributed by atoms with Crippen LogP contribution in [0.2, 0.25) is 0 Å². The molecule has 1 aliphatic rings. The predicted molar refractivity (Wildman–Crippen MR) is 81.5 cm³/mol. The van der Waals surface area contributed by atoms with Crippen molar-refractivity contribution >= 4 is 35.8 Å². The van der Waals surface area contributed by atoms with Crippen molar-refractivity contribution in [1.82, 2.24) is 0 Å². The molecular weight excluding hydrogens is 295 g/mol. The number of carbonyl (C=O) groups is 1. The standard InChI is InChI=1S/C14H18BClFNO3/c1-13(2)14(3,4)21-15(20-13)10-7-9(5-6-11(10)17)18-12(19)8-16/h5-7H,8H2,1-4H3,(H,18,19). The van der Waals surface area contributed by atoms with Crippen LogP contribution in [-0.4, -0.2) is 30.1 Å². The van der Waals surface area contributed by atoms with Crippen LogP contribution in [0.1, 0.15) is 27.7 Å². The zero-order valence-electron chi connectivity index (χ0n) is 12.5. The van der Waals surface area contributed by atoms with Crippen molar-refractivity contribution in [2.24, 2.45) is 0 Å². The van der Waals surface area contributed by atoms with E-state index >= 15 is 0 Å². The van der Waals surface area contributed by atoms with E-state index in [9.17, 15) is 9.18 Å². The highest BCUT2D eigenvalue weighted by atomic mass is 35.5. The number of carbonyl (C=O) groups excluding carboxylic acids is 1. The Labute approximate surface area is 129 Å². The van der Waals surface area contributed by atoms with Crippen LogP contribution in [0, 0.1) is 5.82 Å². The number of alkyl halides is 1. The molecule has 1 saturated heterocycles. The fourth-order valence-corrected chi connectivity index (χ4v) is 2.03. The molecule has 0 aliphatic carbocycles. The molecule has 4 nitrogen and oxygen atoms in total. The summed E-state index contributed by atoms with van der Waals surface area (Å²) in [5.74, 6) is -0.969. The van der Waals surface area contributed by atoms with Crippen molar-refractivity contribution in [3.63, 3.8) is 0 Å². The topological polar surface area (TPSA) is 47.6 Å². The van der Waals surface area contributed by atoms with E-state index in [0.717, 1.165) is 0 Å². The third kappa shape index (κ3) is 3.22. The van der Waals surface area contributed by atoms with E-state index < -0.39 is 24.1 Å². The van der Waals surface area contributed by atoms with Crippen LogP contribution in [-0.2, 0) is 14.1 Å². The average Bonchev–Trinajstić information content (AvgIpc) is 2.60. The molecule has 2 rings (SSSR count). The lowest BCUT2D eigenvalue weighted by molar-refractivity contribution is -0.113. The molecule has 21 heavy (non-hydrogen) atoms. The van der Waals surface area contributed by atoms with Gasteiger partial charge < -0.3 is 14.6 Å². The number of anilines is 1. The molecule has 1 aliphatic heterocycles. The van der Waals surface area contributed by atoms with Crippen LogP contribution in [0.4, 0.5) is 10.1 Å². The molecular formula is C14H18BClFNO3. The second kappa shape index (κ2) is 5.59. The Bertz CT molecular complexity index is 549. The van der Waals surface area contributed by atoms with Crippen LogP contribution in [0.3, 0.4) is 0 Å². The van der Waals surface area contributed by atoms with E-state index in [4.69, 9.17) is 20.9 Å². The van der Waals surface area contributed by atoms with Gasteiger partial charge in [0.05, 0.1) is 11.2 Å². The largest absolute Gasteiger partial charge is 0.497 e. The second-order valence-corrected chi connectivity index (χ2v) is 6.27. The van der Waals surface area contributed by atoms with Gasteiger partial charge in [0.2, 0.25) is 5.91 Å². The summed E-state index contributed by atoms with van der Waals surface area (Å²) in [6.07, 6.45) is 0. The maximum Gasteiger partial charge on any atom is 0.497 e. The van der Waals surface area contributed by atoms with Gasteiger partial charge in [-0.3, -0.25) is 4.79 Å². The molecule has 1 fully saturated rings. The molecule has 0 spiro atoms. The number of hydrogen-bond donors (Lipinski definition) is 1. The van der Waals surface area contributed by atoms with Gasteiger partial charge in [-0.1, -0.05) is 0 Å². The van der Waals surface area contributed by atoms with Gasteiger partial charge in [-0.15, -0.1) is 11.6 Å². The minimum atomic E-state index is -0.817. The van der Waals surface area contributed by atoms with Gasteiger partial charge in [-0.05, 0) is 45.9 Å². The molecule has 0 atom stereocenters. The van der Waals surface area contributed by atoms with E-state index in [1.807, 2.05) is 27.7 Å². The lowest BCUT2D eigenvalue weighted by Crippen LogP contribution is -2.41. The number of benzene rings is 1. The molecule has 0 saturated carbocycles. The van der Waals surface area contributed by atoms with Crippen molar-refractivity contribution in [3.05, 3.63) is 24.0 Å². The van der Waals surface area contributed by atoms with Crippen molar-refractivity contribution in [2.45, 2.75) is 38.9 Å². The molecule has 0 unspecified atom stereocenters. The molecule has 7 heteroatoms. The van der Waals surface area contributed by atoms with E-state index in [0.29, 0.717) is 5.69 Å². The first-order valence-electron chi connectivity index (χ1n) is 6.67. The van der Waals surface area contributed by atoms with Crippen LogP contribution in [0.25, 0.3) is 0 Å². The monoisotopic (exact) mass is 313 g/mol. The second-order valence-electron chi connectivity index (χ2n) is 6.01. The van der Waals surface area contributed by atoms with Crippen LogP contribution < -0.4 is 10.8 Å². The summed E-state index contributed by atoms with van der Waals surface area (Å²) in [5.41, 5.74) is -0.410. The maximum atomic E-state index is 14.0. The molecule has 1 amide bonds. The number of amides is 1. The van der Waals surface area contributed by atoms with Gasteiger partial charge in [-0.2, -0.15) is 0 Å². The van der Waals surface area contributed by atoms with E-state index in [2.05, 4.69) is 5.32 Å². The third-order valence-electron chi connectivity index (χ3n) is 3.91. The smallest absolute Gasteiger partial charge is 0.399 e. The SMILES string of the molecule is CC1(C)OB(c2cc(NC(=O)CCl)ccc2F)OC1(C)C. The van der Waals surface area contributed by atoms with Gasteiger partial charge in [0.25, 0.3) is 0 Å². The van der Waals surface area contributed by atoms with Crippen LogP contribution in [0.5, 0.6) is 0 Å². The maximum absolute atomic E-state index is 14.0. The van der Waals surface area contributed by atoms with Crippen molar-refractivity contribution < 1.29 is 18.5 Å². The number of rotatable bonds is 3. The fourth-order valence-electron chi connectivity index (χ4n) is 1.97. The Morgan fingerprint density at radius 1 is 1.29 bits per heavy atom. The average molecular weight is 314 g/mol. The van der Waals surface area contributed by atoms with Gasteiger partial charge in [-0.25, -0.2) is 4.39 Å². The zero-order valence-corrected chi connectivity index (χ0v) is 13.3. The Morgan fingerprint density at radius 3 is 2.38 bits per heavy atom. The Balaban J connectivity index is 2.28. The van der Waals surface area contributed by atoms with E-state index in [-0.39, 0.29) is 17.2 Å². The number of nitrogens with one attached hydrogen (secondary N) is 1. The van der Waals surface area contributed by atoms with Gasteiger partial charge in [0, 0.05) is 11.2 Å². The molecule has 1 N–H and O–H groups in total. The molecule has 1 aromatic rings. The van der Waals surface area contributed by atoms with Gasteiger partial charge >= 0.3 is 7.12 Å². The highest BCUT2D eigenvalue weighted by Crippen LogP contribution is 2.36. The lowest BCUT2D eigenvalue weighted by atomic mass is 9.78. The Hall–Kier alpha value is -1.11. The first kappa shape index (κ1) is 16.3. The van der Waals surface area contributed by atoms with Crippen LogP contribution >= 0.6 is 11.6 Å². The summed E-state index contributed by atoms with van der Waals surface area (Å²) >= 11 is 5.44. The number of hydrogen-bond acceptors (Lipinski definition) is 3. The molecule has 114 valence electrons. The van der Waals surface area contributed by atoms with Crippen LogP contribution in [0.15, 0.2) is 18.2 Å². The minimum absolute atomic E-state index is 0.163. The van der Waals surface area contributed by atoms with E-state index in [1.54, 1.807) is 0 Å². The Morgan fingerprint density at radius 2 is 1.86 bits per heavy atom. The lowest BCUT2D eigenvalue weighted by Gasteiger charge is -2.32. The summed E-state index contributed by atoms with van der Waals surface area (Å²) in [6.45, 7) is 7.57. The Kier molecular flexibility index (Phi) is 4.33. The number of halogens is 2. The first-order chi connectivity index (χ1) is 9.66. The molecule has 0 radical (unpaired) electrons. The predicted octanol–water partition coefficient (Wildman–Crippen LogP) is 2.30. The summed E-state index contributed by atoms with van der Waals surface area (Å²) < 4.78 is 25.7. The van der Waals surface area contributed by atoms with Crippen molar-refractivity contribution in [3.8, 4) is 0 Å². The minimum Gasteiger partial charge on any atom is -0.399 e. The summed E-state index contributed by atoms with van der Waals surface area (Å²) in [4.78, 5) is 11.3. The normalized spacial score (nSPS) is 19.6. The summed E-state index contributed by atoms with van der Waals surface area (Å²) in [6, 6.07) is 4.24. The van der Waals surface area contributed by atoms with Crippen molar-refractivity contribution in [1.29, 1.82) is 0 Å². The molecule has 1 heterocycles. The van der Waals surface area contributed by atoms with Crippen molar-refractivity contribution in [2.75, 3.05) is 11.2 Å². The molecule has 0 aromatic heterocycles. The van der Waals surface area contributed by atoms with E-state index in [1.165, 1.54) is 18.2 Å². The molecule has 1 aromatic carbocycles. The first-order valence-corrected chi connectivity index (χ1v) is 7.20. The summed E-state index contributed by atoms with van der Waals surface area (Å²) in [5, 5.41) is 2.58. The highest BCUT2D eigenvalue weighted by molar-refractivity contribution is 6.62.